The molecule has 1 aliphatic heterocycles. The van der Waals surface area contributed by atoms with Crippen molar-refractivity contribution in [1.29, 1.82) is 0 Å². The highest BCUT2D eigenvalue weighted by Crippen LogP contribution is 2.41. The van der Waals surface area contributed by atoms with Crippen LogP contribution in [0.15, 0.2) is 23.1 Å². The van der Waals surface area contributed by atoms with E-state index in [1.165, 1.54) is 0 Å². The molecular formula is C14H21N3OS. The van der Waals surface area contributed by atoms with Gasteiger partial charge in [-0.15, -0.1) is 11.8 Å². The van der Waals surface area contributed by atoms with Gasteiger partial charge in [0.05, 0.1) is 10.9 Å². The lowest BCUT2D eigenvalue weighted by atomic mass is 10.2. The second-order valence-electron chi connectivity index (χ2n) is 5.04. The highest BCUT2D eigenvalue weighted by Gasteiger charge is 2.32. The molecule has 5 heteroatoms. The van der Waals surface area contributed by atoms with Gasteiger partial charge >= 0.3 is 0 Å². The third-order valence-corrected chi connectivity index (χ3v) is 4.63. The minimum Gasteiger partial charge on any atom is -0.399 e. The van der Waals surface area contributed by atoms with Crippen LogP contribution >= 0.6 is 11.8 Å². The Labute approximate surface area is 118 Å². The van der Waals surface area contributed by atoms with Gasteiger partial charge in [-0.3, -0.25) is 4.79 Å². The average molecular weight is 279 g/mol. The molecule has 0 spiro atoms. The molecule has 0 aliphatic carbocycles. The van der Waals surface area contributed by atoms with E-state index in [1.807, 2.05) is 37.2 Å². The number of nitrogen functional groups attached to an aromatic ring is 1. The summed E-state index contributed by atoms with van der Waals surface area (Å²) in [7, 11) is 4.04. The standard InChI is InChI=1S/C14H21N3OS/c1-4-12-14(18)17(8-7-16(2)3)11-6-5-10(15)9-13(11)19-12/h5-6,9,12H,4,7-8,15H2,1-3H3. The first-order valence-electron chi connectivity index (χ1n) is 6.55. The molecule has 1 aromatic rings. The lowest BCUT2D eigenvalue weighted by molar-refractivity contribution is -0.118. The van der Waals surface area contributed by atoms with Crippen LogP contribution in [0, 0.1) is 0 Å². The van der Waals surface area contributed by atoms with Crippen LogP contribution < -0.4 is 10.6 Å². The first-order valence-corrected chi connectivity index (χ1v) is 7.43. The maximum Gasteiger partial charge on any atom is 0.240 e. The largest absolute Gasteiger partial charge is 0.399 e. The highest BCUT2D eigenvalue weighted by atomic mass is 32.2. The molecule has 1 unspecified atom stereocenters. The summed E-state index contributed by atoms with van der Waals surface area (Å²) in [5.41, 5.74) is 7.59. The van der Waals surface area contributed by atoms with Gasteiger partial charge in [0, 0.05) is 23.7 Å². The number of benzene rings is 1. The van der Waals surface area contributed by atoms with Gasteiger partial charge in [-0.05, 0) is 38.7 Å². The molecular weight excluding hydrogens is 258 g/mol. The van der Waals surface area contributed by atoms with Crippen molar-refractivity contribution in [2.24, 2.45) is 0 Å². The minimum atomic E-state index is 0.0106. The molecule has 19 heavy (non-hydrogen) atoms. The van der Waals surface area contributed by atoms with Gasteiger partial charge in [-0.1, -0.05) is 6.92 Å². The number of thioether (sulfide) groups is 1. The Hall–Kier alpha value is -1.20. The van der Waals surface area contributed by atoms with Crippen molar-refractivity contribution in [1.82, 2.24) is 4.90 Å². The van der Waals surface area contributed by atoms with Crippen LogP contribution in [0.25, 0.3) is 0 Å². The number of likely N-dealkylation sites (N-methyl/N-ethyl adjacent to an activating group) is 1. The topological polar surface area (TPSA) is 49.6 Å². The van der Waals surface area contributed by atoms with Gasteiger partial charge in [0.25, 0.3) is 0 Å². The summed E-state index contributed by atoms with van der Waals surface area (Å²) in [6.07, 6.45) is 0.843. The molecule has 0 bridgehead atoms. The molecule has 1 amide bonds. The zero-order chi connectivity index (χ0) is 14.0. The molecule has 4 nitrogen and oxygen atoms in total. The van der Waals surface area contributed by atoms with Crippen LogP contribution in [-0.4, -0.2) is 43.2 Å². The fourth-order valence-electron chi connectivity index (χ4n) is 2.13. The molecule has 0 aromatic heterocycles. The molecule has 104 valence electrons. The van der Waals surface area contributed by atoms with Crippen molar-refractivity contribution in [2.75, 3.05) is 37.8 Å². The maximum atomic E-state index is 12.5. The Morgan fingerprint density at radius 3 is 2.79 bits per heavy atom. The SMILES string of the molecule is CCC1Sc2cc(N)ccc2N(CCN(C)C)C1=O. The number of fused-ring (bicyclic) bond motifs is 1. The van der Waals surface area contributed by atoms with Gasteiger partial charge < -0.3 is 15.5 Å². The zero-order valence-electron chi connectivity index (χ0n) is 11.7. The maximum absolute atomic E-state index is 12.5. The monoisotopic (exact) mass is 279 g/mol. The zero-order valence-corrected chi connectivity index (χ0v) is 12.5. The number of hydrogen-bond donors (Lipinski definition) is 1. The van der Waals surface area contributed by atoms with Crippen molar-refractivity contribution in [3.8, 4) is 0 Å². The lowest BCUT2D eigenvalue weighted by Crippen LogP contribution is -2.44. The minimum absolute atomic E-state index is 0.0106. The second kappa shape index (κ2) is 5.84. The number of carbonyl (C=O) groups excluding carboxylic acids is 1. The summed E-state index contributed by atoms with van der Waals surface area (Å²) in [5.74, 6) is 0.214. The van der Waals surface area contributed by atoms with E-state index in [4.69, 9.17) is 5.73 Å². The van der Waals surface area contributed by atoms with Gasteiger partial charge in [0.2, 0.25) is 5.91 Å². The molecule has 0 fully saturated rings. The van der Waals surface area contributed by atoms with Crippen molar-refractivity contribution in [2.45, 2.75) is 23.5 Å². The third-order valence-electron chi connectivity index (χ3n) is 3.23. The number of amides is 1. The van der Waals surface area contributed by atoms with E-state index in [2.05, 4.69) is 11.8 Å². The fraction of sp³-hybridized carbons (Fsp3) is 0.500. The van der Waals surface area contributed by atoms with E-state index in [-0.39, 0.29) is 11.2 Å². The molecule has 1 heterocycles. The van der Waals surface area contributed by atoms with E-state index in [9.17, 15) is 4.79 Å². The normalized spacial score (nSPS) is 18.8. The van der Waals surface area contributed by atoms with Crippen molar-refractivity contribution in [3.05, 3.63) is 18.2 Å². The molecule has 0 saturated carbocycles. The Balaban J connectivity index is 2.31. The molecule has 1 atom stereocenters. The van der Waals surface area contributed by atoms with Crippen LogP contribution in [0.5, 0.6) is 0 Å². The number of hydrogen-bond acceptors (Lipinski definition) is 4. The second-order valence-corrected chi connectivity index (χ2v) is 6.28. The van der Waals surface area contributed by atoms with Crippen molar-refractivity contribution in [3.63, 3.8) is 0 Å². The molecule has 2 N–H and O–H groups in total. The molecule has 0 radical (unpaired) electrons. The number of carbonyl (C=O) groups is 1. The van der Waals surface area contributed by atoms with Crippen LogP contribution in [0.4, 0.5) is 11.4 Å². The van der Waals surface area contributed by atoms with Crippen molar-refractivity contribution < 1.29 is 4.79 Å². The van der Waals surface area contributed by atoms with Gasteiger partial charge in [-0.2, -0.15) is 0 Å². The number of rotatable bonds is 4. The summed E-state index contributed by atoms with van der Waals surface area (Å²) in [4.78, 5) is 17.6. The molecule has 1 aromatic carbocycles. The number of anilines is 2. The fourth-order valence-corrected chi connectivity index (χ4v) is 3.34. The predicted molar refractivity (Wildman–Crippen MR) is 81.7 cm³/mol. The Morgan fingerprint density at radius 1 is 1.42 bits per heavy atom. The van der Waals surface area contributed by atoms with Gasteiger partial charge in [-0.25, -0.2) is 0 Å². The van der Waals surface area contributed by atoms with E-state index in [0.717, 1.165) is 35.8 Å². The summed E-state index contributed by atoms with van der Waals surface area (Å²) in [6.45, 7) is 3.63. The van der Waals surface area contributed by atoms with Crippen molar-refractivity contribution >= 4 is 29.0 Å². The Kier molecular flexibility index (Phi) is 4.37. The van der Waals surface area contributed by atoms with Gasteiger partial charge in [0.1, 0.15) is 0 Å². The number of nitrogens with zero attached hydrogens (tertiary/aromatic N) is 2. The first-order chi connectivity index (χ1) is 9.02. The Bertz CT molecular complexity index is 476. The molecule has 1 aliphatic rings. The lowest BCUT2D eigenvalue weighted by Gasteiger charge is -2.34. The average Bonchev–Trinajstić information content (AvgIpc) is 2.37. The van der Waals surface area contributed by atoms with E-state index < -0.39 is 0 Å². The highest BCUT2D eigenvalue weighted by molar-refractivity contribution is 8.01. The summed E-state index contributed by atoms with van der Waals surface area (Å²) in [6, 6.07) is 5.79. The third kappa shape index (κ3) is 3.04. The van der Waals surface area contributed by atoms with Crippen LogP contribution in [0.2, 0.25) is 0 Å². The summed E-state index contributed by atoms with van der Waals surface area (Å²) in [5, 5.41) is 0.0106. The van der Waals surface area contributed by atoms with Gasteiger partial charge in [0.15, 0.2) is 0 Å². The van der Waals surface area contributed by atoms with E-state index >= 15 is 0 Å². The molecule has 0 saturated heterocycles. The summed E-state index contributed by atoms with van der Waals surface area (Å²) < 4.78 is 0. The van der Waals surface area contributed by atoms with Crippen LogP contribution in [-0.2, 0) is 4.79 Å². The van der Waals surface area contributed by atoms with Crippen LogP contribution in [0.1, 0.15) is 13.3 Å². The summed E-state index contributed by atoms with van der Waals surface area (Å²) >= 11 is 1.63. The Morgan fingerprint density at radius 2 is 2.16 bits per heavy atom. The quantitative estimate of drug-likeness (QED) is 0.857. The smallest absolute Gasteiger partial charge is 0.240 e. The predicted octanol–water partition coefficient (Wildman–Crippen LogP) is 2.05. The first kappa shape index (κ1) is 14.2. The van der Waals surface area contributed by atoms with E-state index in [0.29, 0.717) is 0 Å². The van der Waals surface area contributed by atoms with Crippen LogP contribution in [0.3, 0.4) is 0 Å². The number of nitrogens with two attached hydrogens (primary N) is 1. The molecule has 2 rings (SSSR count). The van der Waals surface area contributed by atoms with E-state index in [1.54, 1.807) is 11.8 Å².